The minimum absolute atomic E-state index is 0.0129. The van der Waals surface area contributed by atoms with Gasteiger partial charge < -0.3 is 24.8 Å². The Labute approximate surface area is 88.6 Å². The molecule has 0 spiro atoms. The highest BCUT2D eigenvalue weighted by molar-refractivity contribution is 4.90. The van der Waals surface area contributed by atoms with Gasteiger partial charge >= 0.3 is 0 Å². The van der Waals surface area contributed by atoms with Crippen molar-refractivity contribution in [3.05, 3.63) is 0 Å². The van der Waals surface area contributed by atoms with Gasteiger partial charge in [0, 0.05) is 0 Å². The van der Waals surface area contributed by atoms with Crippen molar-refractivity contribution in [3.63, 3.8) is 0 Å². The van der Waals surface area contributed by atoms with E-state index in [1.807, 2.05) is 0 Å². The molecule has 1 aliphatic heterocycles. The van der Waals surface area contributed by atoms with Crippen molar-refractivity contribution >= 4 is 0 Å². The Morgan fingerprint density at radius 1 is 1.27 bits per heavy atom. The summed E-state index contributed by atoms with van der Waals surface area (Å²) in [5.74, 6) is 2.24. The van der Waals surface area contributed by atoms with Crippen molar-refractivity contribution in [2.75, 3.05) is 6.61 Å². The van der Waals surface area contributed by atoms with Crippen LogP contribution in [0.25, 0.3) is 0 Å². The van der Waals surface area contributed by atoms with Crippen LogP contribution in [0.3, 0.4) is 0 Å². The molecule has 5 atom stereocenters. The first-order valence-corrected chi connectivity index (χ1v) is 4.86. The Kier molecular flexibility index (Phi) is 4.51. The molecule has 0 aromatic carbocycles. The molecule has 0 saturated carbocycles. The molecule has 3 N–H and O–H groups in total. The van der Waals surface area contributed by atoms with Crippen LogP contribution >= 0.6 is 0 Å². The fourth-order valence-corrected chi connectivity index (χ4v) is 1.52. The van der Waals surface area contributed by atoms with E-state index in [1.54, 1.807) is 6.92 Å². The second-order valence-electron chi connectivity index (χ2n) is 3.44. The first kappa shape index (κ1) is 12.4. The van der Waals surface area contributed by atoms with Gasteiger partial charge in [0.25, 0.3) is 0 Å². The molecule has 1 fully saturated rings. The maximum absolute atomic E-state index is 9.52. The largest absolute Gasteiger partial charge is 0.388 e. The van der Waals surface area contributed by atoms with Crippen LogP contribution in [0.5, 0.6) is 0 Å². The van der Waals surface area contributed by atoms with E-state index in [1.165, 1.54) is 0 Å². The van der Waals surface area contributed by atoms with E-state index >= 15 is 0 Å². The van der Waals surface area contributed by atoms with Gasteiger partial charge in [-0.15, -0.1) is 6.42 Å². The van der Waals surface area contributed by atoms with Crippen LogP contribution in [0, 0.1) is 12.3 Å². The Morgan fingerprint density at radius 3 is 2.47 bits per heavy atom. The van der Waals surface area contributed by atoms with Crippen molar-refractivity contribution in [1.29, 1.82) is 0 Å². The van der Waals surface area contributed by atoms with Crippen LogP contribution in [0.2, 0.25) is 0 Å². The van der Waals surface area contributed by atoms with Gasteiger partial charge in [0.2, 0.25) is 0 Å². The summed E-state index contributed by atoms with van der Waals surface area (Å²) in [5.41, 5.74) is 0. The Bertz CT molecular complexity index is 234. The van der Waals surface area contributed by atoms with Gasteiger partial charge in [-0.25, -0.2) is 0 Å². The molecule has 1 heterocycles. The summed E-state index contributed by atoms with van der Waals surface area (Å²) in [6.45, 7) is 1.79. The minimum atomic E-state index is -1.28. The van der Waals surface area contributed by atoms with Crippen LogP contribution in [0.4, 0.5) is 0 Å². The molecular formula is C10H16O5. The zero-order valence-corrected chi connectivity index (χ0v) is 8.54. The topological polar surface area (TPSA) is 79.2 Å². The van der Waals surface area contributed by atoms with Gasteiger partial charge in [0.05, 0.1) is 6.10 Å². The molecule has 0 bridgehead atoms. The average molecular weight is 216 g/mol. The lowest BCUT2D eigenvalue weighted by molar-refractivity contribution is -0.293. The normalized spacial score (nSPS) is 41.1. The van der Waals surface area contributed by atoms with Gasteiger partial charge in [-0.2, -0.15) is 0 Å². The van der Waals surface area contributed by atoms with Gasteiger partial charge in [0.1, 0.15) is 24.9 Å². The summed E-state index contributed by atoms with van der Waals surface area (Å²) < 4.78 is 10.3. The van der Waals surface area contributed by atoms with Crippen LogP contribution in [0.1, 0.15) is 13.3 Å². The number of hydrogen-bond acceptors (Lipinski definition) is 5. The molecule has 1 saturated heterocycles. The van der Waals surface area contributed by atoms with Crippen LogP contribution < -0.4 is 0 Å². The van der Waals surface area contributed by atoms with Gasteiger partial charge in [-0.1, -0.05) is 12.8 Å². The summed E-state index contributed by atoms with van der Waals surface area (Å²) in [7, 11) is 0. The lowest BCUT2D eigenvalue weighted by atomic mass is 9.97. The number of terminal acetylenes is 1. The molecule has 5 nitrogen and oxygen atoms in total. The van der Waals surface area contributed by atoms with Crippen molar-refractivity contribution in [2.45, 2.75) is 44.1 Å². The van der Waals surface area contributed by atoms with Crippen molar-refractivity contribution < 1.29 is 24.8 Å². The first-order chi connectivity index (χ1) is 7.11. The van der Waals surface area contributed by atoms with Gasteiger partial charge in [0.15, 0.2) is 6.29 Å². The van der Waals surface area contributed by atoms with Crippen molar-refractivity contribution in [3.8, 4) is 12.3 Å². The molecule has 2 unspecified atom stereocenters. The van der Waals surface area contributed by atoms with E-state index in [-0.39, 0.29) is 6.61 Å². The van der Waals surface area contributed by atoms with E-state index in [0.29, 0.717) is 6.42 Å². The molecule has 0 aliphatic carbocycles. The summed E-state index contributed by atoms with van der Waals surface area (Å²) in [5, 5.41) is 28.5. The molecule has 1 rings (SSSR count). The number of ether oxygens (including phenoxy) is 2. The Hall–Kier alpha value is -0.640. The summed E-state index contributed by atoms with van der Waals surface area (Å²) in [4.78, 5) is 0. The Morgan fingerprint density at radius 2 is 1.93 bits per heavy atom. The molecule has 0 radical (unpaired) electrons. The number of rotatable bonds is 3. The predicted molar refractivity (Wildman–Crippen MR) is 51.8 cm³/mol. The Balaban J connectivity index is 2.62. The smallest absolute Gasteiger partial charge is 0.187 e. The molecule has 15 heavy (non-hydrogen) atoms. The zero-order chi connectivity index (χ0) is 11.4. The standard InChI is InChI=1S/C10H16O5/c1-3-5-14-10-9(13)8(12)7(11)6(4-2)15-10/h1,6-13H,4-5H2,2H3/t6?,7-,8?,9-,10+/m1/s1. The second kappa shape index (κ2) is 5.45. The maximum Gasteiger partial charge on any atom is 0.187 e. The third-order valence-corrected chi connectivity index (χ3v) is 2.40. The van der Waals surface area contributed by atoms with E-state index in [9.17, 15) is 15.3 Å². The van der Waals surface area contributed by atoms with Crippen molar-refractivity contribution in [2.24, 2.45) is 0 Å². The molecule has 0 aromatic heterocycles. The number of aliphatic hydroxyl groups is 3. The predicted octanol–water partition coefficient (Wildman–Crippen LogP) is -1.15. The number of hydrogen-bond donors (Lipinski definition) is 3. The highest BCUT2D eigenvalue weighted by Crippen LogP contribution is 2.23. The van der Waals surface area contributed by atoms with Crippen LogP contribution in [-0.2, 0) is 9.47 Å². The molecule has 86 valence electrons. The van der Waals surface area contributed by atoms with E-state index in [0.717, 1.165) is 0 Å². The highest BCUT2D eigenvalue weighted by atomic mass is 16.7. The first-order valence-electron chi connectivity index (χ1n) is 4.86. The van der Waals surface area contributed by atoms with Gasteiger partial charge in [-0.3, -0.25) is 0 Å². The van der Waals surface area contributed by atoms with E-state index in [2.05, 4.69) is 5.92 Å². The number of aliphatic hydroxyl groups excluding tert-OH is 3. The summed E-state index contributed by atoms with van der Waals surface area (Å²) >= 11 is 0. The van der Waals surface area contributed by atoms with E-state index < -0.39 is 30.7 Å². The fourth-order valence-electron chi connectivity index (χ4n) is 1.52. The van der Waals surface area contributed by atoms with E-state index in [4.69, 9.17) is 15.9 Å². The third kappa shape index (κ3) is 2.68. The summed E-state index contributed by atoms with van der Waals surface area (Å²) in [6, 6.07) is 0. The highest BCUT2D eigenvalue weighted by Gasteiger charge is 2.43. The SMILES string of the molecule is C#CCO[C@H]1OC(CC)[C@@H](O)C(O)[C@H]1O. The molecule has 0 amide bonds. The zero-order valence-electron chi connectivity index (χ0n) is 8.54. The lowest BCUT2D eigenvalue weighted by Gasteiger charge is -2.39. The minimum Gasteiger partial charge on any atom is -0.388 e. The average Bonchev–Trinajstić information content (AvgIpc) is 2.25. The summed E-state index contributed by atoms with van der Waals surface area (Å²) in [6.07, 6.45) is 0.325. The van der Waals surface area contributed by atoms with Crippen LogP contribution in [-0.4, -0.2) is 52.6 Å². The lowest BCUT2D eigenvalue weighted by Crippen LogP contribution is -2.58. The molecule has 1 aliphatic rings. The van der Waals surface area contributed by atoms with Crippen LogP contribution in [0.15, 0.2) is 0 Å². The second-order valence-corrected chi connectivity index (χ2v) is 3.44. The fraction of sp³-hybridized carbons (Fsp3) is 0.800. The quantitative estimate of drug-likeness (QED) is 0.519. The monoisotopic (exact) mass is 216 g/mol. The molecular weight excluding hydrogens is 200 g/mol. The molecule has 5 heteroatoms. The van der Waals surface area contributed by atoms with Crippen molar-refractivity contribution in [1.82, 2.24) is 0 Å². The third-order valence-electron chi connectivity index (χ3n) is 2.40. The molecule has 0 aromatic rings. The van der Waals surface area contributed by atoms with Gasteiger partial charge in [-0.05, 0) is 6.42 Å². The maximum atomic E-state index is 9.52.